The van der Waals surface area contributed by atoms with Crippen LogP contribution in [0.15, 0.2) is 41.2 Å². The smallest absolute Gasteiger partial charge is 0.266 e. The molecule has 2 bridgehead atoms. The van der Waals surface area contributed by atoms with Gasteiger partial charge in [0, 0.05) is 30.6 Å². The lowest BCUT2D eigenvalue weighted by molar-refractivity contribution is -0.0678. The minimum atomic E-state index is -0.844. The molecule has 1 aromatic carbocycles. The fourth-order valence-corrected chi connectivity index (χ4v) is 5.47. The maximum Gasteiger partial charge on any atom is 0.266 e. The average molecular weight is 408 g/mol. The Kier molecular flexibility index (Phi) is 5.06. The third-order valence-corrected chi connectivity index (χ3v) is 7.34. The highest BCUT2D eigenvalue weighted by molar-refractivity contribution is 5.25. The number of aliphatic hydroxyl groups is 1. The van der Waals surface area contributed by atoms with Crippen molar-refractivity contribution in [2.75, 3.05) is 0 Å². The molecule has 5 nitrogen and oxygen atoms in total. The van der Waals surface area contributed by atoms with E-state index in [2.05, 4.69) is 48.1 Å². The fraction of sp³-hybridized carbons (Fsp3) is 0.600. The minimum Gasteiger partial charge on any atom is -0.388 e. The summed E-state index contributed by atoms with van der Waals surface area (Å²) in [5.74, 6) is 1.06. The number of nitrogens with zero attached hydrogens (tertiary/aromatic N) is 3. The highest BCUT2D eigenvalue weighted by Crippen LogP contribution is 2.42. The van der Waals surface area contributed by atoms with E-state index in [0.717, 1.165) is 50.8 Å². The molecule has 0 amide bonds. The maximum atomic E-state index is 12.4. The molecule has 30 heavy (non-hydrogen) atoms. The van der Waals surface area contributed by atoms with Gasteiger partial charge in [-0.05, 0) is 61.6 Å². The molecule has 3 heterocycles. The molecule has 1 N–H and O–H groups in total. The molecular formula is C25H33N3O2. The second kappa shape index (κ2) is 7.61. The molecule has 160 valence electrons. The Balaban J connectivity index is 1.29. The zero-order valence-electron chi connectivity index (χ0n) is 18.1. The summed E-state index contributed by atoms with van der Waals surface area (Å²) in [7, 11) is 0. The minimum absolute atomic E-state index is 0.104. The van der Waals surface area contributed by atoms with Gasteiger partial charge < -0.3 is 5.11 Å². The summed E-state index contributed by atoms with van der Waals surface area (Å²) in [4.78, 5) is 14.9. The zero-order chi connectivity index (χ0) is 20.9. The Labute approximate surface area is 178 Å². The molecule has 1 aliphatic carbocycles. The van der Waals surface area contributed by atoms with Crippen molar-refractivity contribution in [3.63, 3.8) is 0 Å². The van der Waals surface area contributed by atoms with E-state index in [1.807, 2.05) is 6.07 Å². The highest BCUT2D eigenvalue weighted by Gasteiger charge is 2.47. The first-order valence-corrected chi connectivity index (χ1v) is 11.6. The summed E-state index contributed by atoms with van der Waals surface area (Å²) >= 11 is 0. The van der Waals surface area contributed by atoms with Gasteiger partial charge in [0.05, 0.1) is 17.8 Å². The van der Waals surface area contributed by atoms with Crippen LogP contribution >= 0.6 is 0 Å². The van der Waals surface area contributed by atoms with E-state index in [-0.39, 0.29) is 5.56 Å². The molecule has 2 saturated heterocycles. The van der Waals surface area contributed by atoms with Crippen LogP contribution in [0.25, 0.3) is 0 Å². The predicted molar refractivity (Wildman–Crippen MR) is 118 cm³/mol. The predicted octanol–water partition coefficient (Wildman–Crippen LogP) is 3.80. The van der Waals surface area contributed by atoms with Crippen LogP contribution in [0.4, 0.5) is 0 Å². The van der Waals surface area contributed by atoms with E-state index in [1.54, 1.807) is 6.07 Å². The zero-order valence-corrected chi connectivity index (χ0v) is 18.1. The van der Waals surface area contributed by atoms with Crippen molar-refractivity contribution in [1.29, 1.82) is 0 Å². The lowest BCUT2D eigenvalue weighted by atomic mass is 9.85. The number of rotatable bonds is 6. The van der Waals surface area contributed by atoms with Crippen LogP contribution in [0.5, 0.6) is 0 Å². The first-order valence-electron chi connectivity index (χ1n) is 11.6. The van der Waals surface area contributed by atoms with Gasteiger partial charge in [0.15, 0.2) is 0 Å². The molecule has 5 rings (SSSR count). The third-order valence-electron chi connectivity index (χ3n) is 7.34. The lowest BCUT2D eigenvalue weighted by Gasteiger charge is -2.43. The molecule has 5 heteroatoms. The second-order valence-corrected chi connectivity index (χ2v) is 10.1. The number of benzene rings is 1. The summed E-state index contributed by atoms with van der Waals surface area (Å²) in [6.45, 7) is 5.71. The van der Waals surface area contributed by atoms with Crippen LogP contribution in [0.3, 0.4) is 0 Å². The van der Waals surface area contributed by atoms with E-state index in [4.69, 9.17) is 0 Å². The van der Waals surface area contributed by atoms with Crippen molar-refractivity contribution in [2.24, 2.45) is 0 Å². The maximum absolute atomic E-state index is 12.4. The molecule has 1 aromatic heterocycles. The topological polar surface area (TPSA) is 58.4 Å². The van der Waals surface area contributed by atoms with Crippen LogP contribution < -0.4 is 5.56 Å². The molecule has 3 fully saturated rings. The molecule has 2 aliphatic heterocycles. The van der Waals surface area contributed by atoms with Gasteiger partial charge in [-0.15, -0.1) is 0 Å². The van der Waals surface area contributed by atoms with Crippen LogP contribution in [0.2, 0.25) is 0 Å². The van der Waals surface area contributed by atoms with Crippen LogP contribution in [0.1, 0.15) is 81.0 Å². The van der Waals surface area contributed by atoms with Gasteiger partial charge in [-0.2, -0.15) is 5.10 Å². The Bertz CT molecular complexity index is 947. The molecule has 3 aliphatic rings. The number of piperidine rings is 1. The summed E-state index contributed by atoms with van der Waals surface area (Å²) in [5.41, 5.74) is 2.78. The largest absolute Gasteiger partial charge is 0.388 e. The molecule has 0 radical (unpaired) electrons. The second-order valence-electron chi connectivity index (χ2n) is 10.1. The number of fused-ring (bicyclic) bond motifs is 2. The average Bonchev–Trinajstić information content (AvgIpc) is 3.52. The lowest BCUT2D eigenvalue weighted by Crippen LogP contribution is -2.53. The molecule has 2 aromatic rings. The Morgan fingerprint density at radius 3 is 2.30 bits per heavy atom. The van der Waals surface area contributed by atoms with Crippen LogP contribution in [-0.2, 0) is 13.1 Å². The molecule has 0 unspecified atom stereocenters. The van der Waals surface area contributed by atoms with Crippen molar-refractivity contribution in [1.82, 2.24) is 14.7 Å². The van der Waals surface area contributed by atoms with E-state index >= 15 is 0 Å². The summed E-state index contributed by atoms with van der Waals surface area (Å²) in [5, 5.41) is 16.0. The van der Waals surface area contributed by atoms with Gasteiger partial charge in [-0.1, -0.05) is 38.1 Å². The number of hydrogen-bond donors (Lipinski definition) is 1. The monoisotopic (exact) mass is 407 g/mol. The molecule has 1 saturated carbocycles. The van der Waals surface area contributed by atoms with E-state index in [1.165, 1.54) is 15.8 Å². The van der Waals surface area contributed by atoms with E-state index in [0.29, 0.717) is 30.5 Å². The van der Waals surface area contributed by atoms with Crippen molar-refractivity contribution in [3.05, 3.63) is 63.6 Å². The SMILES string of the molecule is CC(C)c1ccc(CN2[C@H]3CC[C@H]2CC(O)(Cn2nc(C4CC4)ccc2=O)C3)cc1. The number of aromatic nitrogens is 2. The summed E-state index contributed by atoms with van der Waals surface area (Å²) in [6.07, 6.45) is 6.01. The van der Waals surface area contributed by atoms with E-state index < -0.39 is 5.60 Å². The normalized spacial score (nSPS) is 28.9. The van der Waals surface area contributed by atoms with Gasteiger partial charge in [0.1, 0.15) is 0 Å². The van der Waals surface area contributed by atoms with Gasteiger partial charge in [0.25, 0.3) is 5.56 Å². The van der Waals surface area contributed by atoms with Gasteiger partial charge in [0.2, 0.25) is 0 Å². The standard InChI is InChI=1S/C25H33N3O2/c1-17(2)19-5-3-18(4-6-19)15-27-21-9-10-22(27)14-25(30,13-21)16-28-24(29)12-11-23(26-28)20-7-8-20/h3-6,11-12,17,20-22,30H,7-10,13-16H2,1-2H3/t21-,22-/m0/s1. The Morgan fingerprint density at radius 1 is 1.03 bits per heavy atom. The molecule has 2 atom stereocenters. The third kappa shape index (κ3) is 3.97. The van der Waals surface area contributed by atoms with Crippen molar-refractivity contribution in [3.8, 4) is 0 Å². The Hall–Kier alpha value is -1.98. The van der Waals surface area contributed by atoms with Crippen LogP contribution in [-0.4, -0.2) is 37.5 Å². The van der Waals surface area contributed by atoms with Crippen molar-refractivity contribution < 1.29 is 5.11 Å². The Morgan fingerprint density at radius 2 is 1.70 bits per heavy atom. The molecule has 0 spiro atoms. The fourth-order valence-electron chi connectivity index (χ4n) is 5.47. The number of hydrogen-bond acceptors (Lipinski definition) is 4. The first kappa shape index (κ1) is 20.0. The molecular weight excluding hydrogens is 374 g/mol. The van der Waals surface area contributed by atoms with Gasteiger partial charge >= 0.3 is 0 Å². The van der Waals surface area contributed by atoms with E-state index in [9.17, 15) is 9.90 Å². The van der Waals surface area contributed by atoms with Gasteiger partial charge in [-0.25, -0.2) is 4.68 Å². The summed E-state index contributed by atoms with van der Waals surface area (Å²) in [6, 6.07) is 13.2. The van der Waals surface area contributed by atoms with Crippen molar-refractivity contribution in [2.45, 2.75) is 95.0 Å². The summed E-state index contributed by atoms with van der Waals surface area (Å²) < 4.78 is 1.52. The van der Waals surface area contributed by atoms with Crippen molar-refractivity contribution >= 4 is 0 Å². The highest BCUT2D eigenvalue weighted by atomic mass is 16.3. The van der Waals surface area contributed by atoms with Crippen LogP contribution in [0, 0.1) is 0 Å². The first-order chi connectivity index (χ1) is 14.4. The quantitative estimate of drug-likeness (QED) is 0.791. The van der Waals surface area contributed by atoms with Gasteiger partial charge in [-0.3, -0.25) is 9.69 Å².